The van der Waals surface area contributed by atoms with E-state index in [0.717, 1.165) is 6.42 Å². The molecule has 2 N–H and O–H groups in total. The van der Waals surface area contributed by atoms with E-state index in [9.17, 15) is 4.79 Å². The molecule has 1 fully saturated rings. The molecular formula is C10H20N2OS. The molecule has 14 heavy (non-hydrogen) atoms. The van der Waals surface area contributed by atoms with Crippen LogP contribution in [0.4, 0.5) is 0 Å². The van der Waals surface area contributed by atoms with Gasteiger partial charge in [-0.2, -0.15) is 11.8 Å². The number of nitrogens with one attached hydrogen (secondary N) is 2. The zero-order valence-corrected chi connectivity index (χ0v) is 9.82. The fraction of sp³-hybridized carbons (Fsp3) is 0.900. The molecule has 1 saturated carbocycles. The highest BCUT2D eigenvalue weighted by atomic mass is 32.2. The summed E-state index contributed by atoms with van der Waals surface area (Å²) in [6, 6.07) is 0.389. The Morgan fingerprint density at radius 1 is 1.43 bits per heavy atom. The lowest BCUT2D eigenvalue weighted by molar-refractivity contribution is -0.121. The molecule has 0 heterocycles. The third-order valence-electron chi connectivity index (χ3n) is 2.69. The third-order valence-corrected chi connectivity index (χ3v) is 3.86. The number of hydrogen-bond acceptors (Lipinski definition) is 3. The van der Waals surface area contributed by atoms with Crippen LogP contribution in [0.2, 0.25) is 0 Å². The largest absolute Gasteiger partial charge is 0.351 e. The predicted octanol–water partition coefficient (Wildman–Crippen LogP) is 0.996. The second kappa shape index (κ2) is 6.30. The number of amides is 1. The molecule has 0 saturated heterocycles. The van der Waals surface area contributed by atoms with Gasteiger partial charge in [0, 0.05) is 11.3 Å². The SMILES string of the molecule is CNCC(=O)NC1CCCCC1SC. The van der Waals surface area contributed by atoms with Crippen molar-refractivity contribution in [2.75, 3.05) is 19.8 Å². The molecule has 2 atom stereocenters. The van der Waals surface area contributed by atoms with E-state index in [-0.39, 0.29) is 5.91 Å². The van der Waals surface area contributed by atoms with Crippen molar-refractivity contribution in [3.8, 4) is 0 Å². The fourth-order valence-electron chi connectivity index (χ4n) is 1.96. The first-order valence-electron chi connectivity index (χ1n) is 5.24. The van der Waals surface area contributed by atoms with Crippen LogP contribution in [-0.4, -0.2) is 37.0 Å². The lowest BCUT2D eigenvalue weighted by Gasteiger charge is -2.30. The molecule has 4 heteroatoms. The topological polar surface area (TPSA) is 41.1 Å². The Bertz CT molecular complexity index is 187. The number of carbonyl (C=O) groups is 1. The molecule has 1 rings (SSSR count). The summed E-state index contributed by atoms with van der Waals surface area (Å²) in [4.78, 5) is 11.4. The molecule has 0 aromatic rings. The van der Waals surface area contributed by atoms with Crippen LogP contribution in [0, 0.1) is 0 Å². The summed E-state index contributed by atoms with van der Waals surface area (Å²) in [5.41, 5.74) is 0. The van der Waals surface area contributed by atoms with Gasteiger partial charge in [-0.05, 0) is 26.1 Å². The van der Waals surface area contributed by atoms with Crippen LogP contribution in [0.15, 0.2) is 0 Å². The van der Waals surface area contributed by atoms with Crippen molar-refractivity contribution in [2.24, 2.45) is 0 Å². The summed E-state index contributed by atoms with van der Waals surface area (Å²) < 4.78 is 0. The van der Waals surface area contributed by atoms with E-state index in [1.807, 2.05) is 11.8 Å². The molecule has 0 radical (unpaired) electrons. The van der Waals surface area contributed by atoms with Crippen molar-refractivity contribution in [2.45, 2.75) is 37.0 Å². The van der Waals surface area contributed by atoms with Gasteiger partial charge in [0.05, 0.1) is 6.54 Å². The minimum atomic E-state index is 0.124. The van der Waals surface area contributed by atoms with Crippen LogP contribution < -0.4 is 10.6 Å². The van der Waals surface area contributed by atoms with E-state index < -0.39 is 0 Å². The molecule has 0 spiro atoms. The summed E-state index contributed by atoms with van der Waals surface area (Å²) in [6.45, 7) is 0.428. The molecule has 3 nitrogen and oxygen atoms in total. The number of thioether (sulfide) groups is 1. The number of hydrogen-bond donors (Lipinski definition) is 2. The van der Waals surface area contributed by atoms with Crippen molar-refractivity contribution in [1.82, 2.24) is 10.6 Å². The Labute approximate surface area is 90.4 Å². The first-order chi connectivity index (χ1) is 6.77. The van der Waals surface area contributed by atoms with E-state index in [0.29, 0.717) is 17.8 Å². The lowest BCUT2D eigenvalue weighted by Crippen LogP contribution is -2.46. The Morgan fingerprint density at radius 2 is 2.14 bits per heavy atom. The maximum absolute atomic E-state index is 11.4. The zero-order valence-electron chi connectivity index (χ0n) is 9.01. The number of likely N-dealkylation sites (N-methyl/N-ethyl adjacent to an activating group) is 1. The van der Waals surface area contributed by atoms with Crippen LogP contribution >= 0.6 is 11.8 Å². The second-order valence-electron chi connectivity index (χ2n) is 3.76. The molecule has 2 unspecified atom stereocenters. The van der Waals surface area contributed by atoms with Gasteiger partial charge in [-0.3, -0.25) is 4.79 Å². The second-order valence-corrected chi connectivity index (χ2v) is 4.84. The summed E-state index contributed by atoms with van der Waals surface area (Å²) in [7, 11) is 1.80. The van der Waals surface area contributed by atoms with Crippen LogP contribution in [-0.2, 0) is 4.79 Å². The molecule has 1 amide bonds. The highest BCUT2D eigenvalue weighted by Gasteiger charge is 2.25. The average Bonchev–Trinajstić information content (AvgIpc) is 2.19. The summed E-state index contributed by atoms with van der Waals surface area (Å²) in [5, 5.41) is 6.58. The average molecular weight is 216 g/mol. The van der Waals surface area contributed by atoms with E-state index in [1.165, 1.54) is 19.3 Å². The van der Waals surface area contributed by atoms with Crippen LogP contribution in [0.1, 0.15) is 25.7 Å². The van der Waals surface area contributed by atoms with Gasteiger partial charge in [0.15, 0.2) is 0 Å². The van der Waals surface area contributed by atoms with Crippen LogP contribution in [0.25, 0.3) is 0 Å². The minimum Gasteiger partial charge on any atom is -0.351 e. The van der Waals surface area contributed by atoms with E-state index in [4.69, 9.17) is 0 Å². The van der Waals surface area contributed by atoms with Gasteiger partial charge in [-0.15, -0.1) is 0 Å². The summed E-state index contributed by atoms with van der Waals surface area (Å²) >= 11 is 1.88. The molecule has 82 valence electrons. The number of rotatable bonds is 4. The predicted molar refractivity (Wildman–Crippen MR) is 61.6 cm³/mol. The van der Waals surface area contributed by atoms with Crippen molar-refractivity contribution in [3.05, 3.63) is 0 Å². The molecule has 0 aliphatic heterocycles. The molecule has 0 aromatic carbocycles. The van der Waals surface area contributed by atoms with Gasteiger partial charge in [0.1, 0.15) is 0 Å². The first-order valence-corrected chi connectivity index (χ1v) is 6.53. The van der Waals surface area contributed by atoms with E-state index in [2.05, 4.69) is 16.9 Å². The van der Waals surface area contributed by atoms with Gasteiger partial charge in [0.25, 0.3) is 0 Å². The highest BCUT2D eigenvalue weighted by molar-refractivity contribution is 7.99. The fourth-order valence-corrected chi connectivity index (χ4v) is 2.90. The van der Waals surface area contributed by atoms with Gasteiger partial charge in [-0.25, -0.2) is 0 Å². The Hall–Kier alpha value is -0.220. The van der Waals surface area contributed by atoms with Crippen molar-refractivity contribution < 1.29 is 4.79 Å². The maximum atomic E-state index is 11.4. The maximum Gasteiger partial charge on any atom is 0.234 e. The van der Waals surface area contributed by atoms with Gasteiger partial charge in [-0.1, -0.05) is 12.8 Å². The quantitative estimate of drug-likeness (QED) is 0.736. The standard InChI is InChI=1S/C10H20N2OS/c1-11-7-10(13)12-8-5-3-4-6-9(8)14-2/h8-9,11H,3-7H2,1-2H3,(H,12,13). The van der Waals surface area contributed by atoms with Crippen molar-refractivity contribution >= 4 is 17.7 Å². The van der Waals surface area contributed by atoms with Crippen LogP contribution in [0.3, 0.4) is 0 Å². The summed E-state index contributed by atoms with van der Waals surface area (Å²) in [5.74, 6) is 0.124. The highest BCUT2D eigenvalue weighted by Crippen LogP contribution is 2.26. The minimum absolute atomic E-state index is 0.124. The monoisotopic (exact) mass is 216 g/mol. The number of carbonyl (C=O) groups excluding carboxylic acids is 1. The Morgan fingerprint density at radius 3 is 2.79 bits per heavy atom. The van der Waals surface area contributed by atoms with Gasteiger partial charge >= 0.3 is 0 Å². The van der Waals surface area contributed by atoms with Crippen molar-refractivity contribution in [1.29, 1.82) is 0 Å². The molecule has 1 aliphatic rings. The molecule has 0 bridgehead atoms. The summed E-state index contributed by atoms with van der Waals surface area (Å²) in [6.07, 6.45) is 7.07. The Balaban J connectivity index is 2.36. The zero-order chi connectivity index (χ0) is 10.4. The smallest absolute Gasteiger partial charge is 0.234 e. The lowest BCUT2D eigenvalue weighted by atomic mass is 9.95. The third kappa shape index (κ3) is 3.50. The van der Waals surface area contributed by atoms with Gasteiger partial charge < -0.3 is 10.6 Å². The normalized spacial score (nSPS) is 27.3. The molecular weight excluding hydrogens is 196 g/mol. The van der Waals surface area contributed by atoms with Crippen LogP contribution in [0.5, 0.6) is 0 Å². The van der Waals surface area contributed by atoms with Crippen molar-refractivity contribution in [3.63, 3.8) is 0 Å². The van der Waals surface area contributed by atoms with E-state index >= 15 is 0 Å². The molecule has 1 aliphatic carbocycles. The van der Waals surface area contributed by atoms with Gasteiger partial charge in [0.2, 0.25) is 5.91 Å². The Kier molecular flexibility index (Phi) is 5.33. The van der Waals surface area contributed by atoms with E-state index in [1.54, 1.807) is 7.05 Å². The first kappa shape index (κ1) is 11.9. The molecule has 0 aromatic heterocycles.